The summed E-state index contributed by atoms with van der Waals surface area (Å²) < 4.78 is 5.16. The Kier molecular flexibility index (Phi) is 4.29. The van der Waals surface area contributed by atoms with Gasteiger partial charge in [0.05, 0.1) is 24.1 Å². The van der Waals surface area contributed by atoms with Crippen molar-refractivity contribution in [1.29, 1.82) is 0 Å². The Morgan fingerprint density at radius 3 is 1.88 bits per heavy atom. The minimum Gasteiger partial charge on any atom is -0.497 e. The summed E-state index contributed by atoms with van der Waals surface area (Å²) in [6.07, 6.45) is 0. The second-order valence-corrected chi connectivity index (χ2v) is 5.53. The lowest BCUT2D eigenvalue weighted by molar-refractivity contribution is 0.0697. The molecule has 0 bridgehead atoms. The zero-order valence-electron chi connectivity index (χ0n) is 13.5. The Morgan fingerprint density at radius 2 is 1.42 bits per heavy atom. The normalized spacial score (nSPS) is 10.4. The van der Waals surface area contributed by atoms with Crippen LogP contribution in [0.4, 0.5) is 0 Å². The third kappa shape index (κ3) is 3.27. The Labute approximate surface area is 140 Å². The van der Waals surface area contributed by atoms with Gasteiger partial charge in [-0.1, -0.05) is 29.8 Å². The Hall–Kier alpha value is -3.14. The smallest absolute Gasteiger partial charge is 0.335 e. The van der Waals surface area contributed by atoms with E-state index in [1.807, 2.05) is 55.5 Å². The summed E-state index contributed by atoms with van der Waals surface area (Å²) in [5, 5.41) is 9.41. The van der Waals surface area contributed by atoms with Gasteiger partial charge in [0, 0.05) is 11.1 Å². The second kappa shape index (κ2) is 6.54. The van der Waals surface area contributed by atoms with E-state index in [1.54, 1.807) is 19.2 Å². The van der Waals surface area contributed by atoms with Gasteiger partial charge in [-0.15, -0.1) is 0 Å². The average molecular weight is 319 g/mol. The number of aryl methyl sites for hydroxylation is 1. The van der Waals surface area contributed by atoms with Gasteiger partial charge in [-0.25, -0.2) is 9.78 Å². The van der Waals surface area contributed by atoms with E-state index in [2.05, 4.69) is 4.98 Å². The van der Waals surface area contributed by atoms with Crippen molar-refractivity contribution >= 4 is 5.97 Å². The standard InChI is InChI=1S/C20H17NO3/c1-13-3-5-14(6-4-13)18-11-16(20(22)23)12-19(21-18)15-7-9-17(24-2)10-8-15/h3-12H,1-2H3,(H,22,23). The maximum absolute atomic E-state index is 11.5. The highest BCUT2D eigenvalue weighted by Crippen LogP contribution is 2.26. The van der Waals surface area contributed by atoms with Gasteiger partial charge in [-0.3, -0.25) is 0 Å². The minimum atomic E-state index is -0.972. The number of hydrogen-bond acceptors (Lipinski definition) is 3. The summed E-state index contributed by atoms with van der Waals surface area (Å²) in [7, 11) is 1.60. The van der Waals surface area contributed by atoms with E-state index in [9.17, 15) is 9.90 Å². The van der Waals surface area contributed by atoms with E-state index in [1.165, 1.54) is 0 Å². The number of benzene rings is 2. The molecule has 0 saturated carbocycles. The van der Waals surface area contributed by atoms with Gasteiger partial charge in [-0.05, 0) is 43.3 Å². The van der Waals surface area contributed by atoms with Gasteiger partial charge in [0.2, 0.25) is 0 Å². The lowest BCUT2D eigenvalue weighted by atomic mass is 10.0. The van der Waals surface area contributed by atoms with E-state index in [-0.39, 0.29) is 5.56 Å². The summed E-state index contributed by atoms with van der Waals surface area (Å²) in [6, 6.07) is 18.4. The molecule has 0 aliphatic rings. The highest BCUT2D eigenvalue weighted by atomic mass is 16.5. The first-order valence-electron chi connectivity index (χ1n) is 7.53. The van der Waals surface area contributed by atoms with Crippen molar-refractivity contribution < 1.29 is 14.6 Å². The van der Waals surface area contributed by atoms with Gasteiger partial charge < -0.3 is 9.84 Å². The van der Waals surface area contributed by atoms with Crippen LogP contribution in [-0.4, -0.2) is 23.2 Å². The summed E-state index contributed by atoms with van der Waals surface area (Å²) in [4.78, 5) is 16.1. The maximum atomic E-state index is 11.5. The van der Waals surface area contributed by atoms with E-state index in [4.69, 9.17) is 4.74 Å². The molecule has 0 saturated heterocycles. The molecule has 0 unspecified atom stereocenters. The van der Waals surface area contributed by atoms with E-state index in [0.717, 1.165) is 22.4 Å². The highest BCUT2D eigenvalue weighted by molar-refractivity contribution is 5.90. The molecule has 0 atom stereocenters. The van der Waals surface area contributed by atoms with Gasteiger partial charge >= 0.3 is 5.97 Å². The fraction of sp³-hybridized carbons (Fsp3) is 0.100. The van der Waals surface area contributed by atoms with Crippen LogP contribution in [0.2, 0.25) is 0 Å². The van der Waals surface area contributed by atoms with Crippen LogP contribution >= 0.6 is 0 Å². The molecule has 1 N–H and O–H groups in total. The molecule has 4 nitrogen and oxygen atoms in total. The Bertz CT molecular complexity index is 868. The number of aromatic carboxylic acids is 1. The summed E-state index contributed by atoms with van der Waals surface area (Å²) in [6.45, 7) is 2.01. The second-order valence-electron chi connectivity index (χ2n) is 5.53. The summed E-state index contributed by atoms with van der Waals surface area (Å²) in [5.74, 6) is -0.229. The van der Waals surface area contributed by atoms with Crippen LogP contribution < -0.4 is 4.74 Å². The van der Waals surface area contributed by atoms with E-state index < -0.39 is 5.97 Å². The number of carbonyl (C=O) groups is 1. The molecular weight excluding hydrogens is 302 g/mol. The zero-order valence-corrected chi connectivity index (χ0v) is 13.5. The molecule has 0 fully saturated rings. The van der Waals surface area contributed by atoms with Crippen molar-refractivity contribution in [2.24, 2.45) is 0 Å². The lowest BCUT2D eigenvalue weighted by Gasteiger charge is -2.09. The molecule has 0 spiro atoms. The number of rotatable bonds is 4. The van der Waals surface area contributed by atoms with Crippen LogP contribution in [0.1, 0.15) is 15.9 Å². The van der Waals surface area contributed by atoms with Crippen molar-refractivity contribution in [3.05, 3.63) is 71.8 Å². The van der Waals surface area contributed by atoms with Crippen molar-refractivity contribution in [2.75, 3.05) is 7.11 Å². The molecule has 0 aliphatic heterocycles. The van der Waals surface area contributed by atoms with Crippen LogP contribution in [0.5, 0.6) is 5.75 Å². The predicted octanol–water partition coefficient (Wildman–Crippen LogP) is 4.43. The van der Waals surface area contributed by atoms with Gasteiger partial charge in [-0.2, -0.15) is 0 Å². The van der Waals surface area contributed by atoms with Gasteiger partial charge in [0.1, 0.15) is 5.75 Å². The van der Waals surface area contributed by atoms with Crippen molar-refractivity contribution in [3.8, 4) is 28.3 Å². The number of carboxylic acids is 1. The lowest BCUT2D eigenvalue weighted by Crippen LogP contribution is -2.00. The molecule has 0 amide bonds. The number of pyridine rings is 1. The third-order valence-electron chi connectivity index (χ3n) is 3.81. The highest BCUT2D eigenvalue weighted by Gasteiger charge is 2.11. The predicted molar refractivity (Wildman–Crippen MR) is 93.4 cm³/mol. The molecule has 0 radical (unpaired) electrons. The minimum absolute atomic E-state index is 0.214. The van der Waals surface area contributed by atoms with Gasteiger partial charge in [0.25, 0.3) is 0 Å². The molecule has 4 heteroatoms. The van der Waals surface area contributed by atoms with Crippen LogP contribution in [0.3, 0.4) is 0 Å². The van der Waals surface area contributed by atoms with Crippen molar-refractivity contribution in [1.82, 2.24) is 4.98 Å². The van der Waals surface area contributed by atoms with Crippen molar-refractivity contribution in [3.63, 3.8) is 0 Å². The van der Waals surface area contributed by atoms with Crippen LogP contribution in [-0.2, 0) is 0 Å². The first-order chi connectivity index (χ1) is 11.6. The molecule has 120 valence electrons. The molecule has 0 aliphatic carbocycles. The molecule has 24 heavy (non-hydrogen) atoms. The maximum Gasteiger partial charge on any atom is 0.335 e. The summed E-state index contributed by atoms with van der Waals surface area (Å²) in [5.41, 5.74) is 4.34. The fourth-order valence-electron chi connectivity index (χ4n) is 2.44. The Morgan fingerprint density at radius 1 is 0.917 bits per heavy atom. The molecule has 1 aromatic heterocycles. The van der Waals surface area contributed by atoms with Crippen LogP contribution in [0, 0.1) is 6.92 Å². The quantitative estimate of drug-likeness (QED) is 0.773. The summed E-state index contributed by atoms with van der Waals surface area (Å²) >= 11 is 0. The first kappa shape index (κ1) is 15.7. The van der Waals surface area contributed by atoms with Crippen LogP contribution in [0.25, 0.3) is 22.5 Å². The topological polar surface area (TPSA) is 59.4 Å². The van der Waals surface area contributed by atoms with E-state index in [0.29, 0.717) is 11.4 Å². The molecule has 3 aromatic rings. The number of aromatic nitrogens is 1. The molecule has 2 aromatic carbocycles. The third-order valence-corrected chi connectivity index (χ3v) is 3.81. The van der Waals surface area contributed by atoms with Gasteiger partial charge in [0.15, 0.2) is 0 Å². The van der Waals surface area contributed by atoms with Crippen LogP contribution in [0.15, 0.2) is 60.7 Å². The number of methoxy groups -OCH3 is 1. The fourth-order valence-corrected chi connectivity index (χ4v) is 2.44. The number of carboxylic acid groups (broad SMARTS) is 1. The number of ether oxygens (including phenoxy) is 1. The molecule has 1 heterocycles. The Balaban J connectivity index is 2.11. The monoisotopic (exact) mass is 319 g/mol. The SMILES string of the molecule is COc1ccc(-c2cc(C(=O)O)cc(-c3ccc(C)cc3)n2)cc1. The average Bonchev–Trinajstić information content (AvgIpc) is 2.62. The first-order valence-corrected chi connectivity index (χ1v) is 7.53. The zero-order chi connectivity index (χ0) is 17.1. The number of hydrogen-bond donors (Lipinski definition) is 1. The van der Waals surface area contributed by atoms with E-state index >= 15 is 0 Å². The van der Waals surface area contributed by atoms with Crippen molar-refractivity contribution in [2.45, 2.75) is 6.92 Å². The molecule has 3 rings (SSSR count). The number of nitrogens with zero attached hydrogens (tertiary/aromatic N) is 1. The largest absolute Gasteiger partial charge is 0.497 e. The molecular formula is C20H17NO3.